The molecule has 0 aromatic rings. The molecule has 0 aromatic heterocycles. The first-order valence-corrected chi connectivity index (χ1v) is 4.51. The van der Waals surface area contributed by atoms with Crippen molar-refractivity contribution in [2.24, 2.45) is 0 Å². The summed E-state index contributed by atoms with van der Waals surface area (Å²) in [5.41, 5.74) is 0.510. The zero-order valence-electron chi connectivity index (χ0n) is 7.87. The summed E-state index contributed by atoms with van der Waals surface area (Å²) in [5, 5.41) is 10.0. The molecule has 0 spiro atoms. The molecule has 70 valence electrons. The van der Waals surface area contributed by atoms with Gasteiger partial charge in [0.05, 0.1) is 5.60 Å². The van der Waals surface area contributed by atoms with Crippen molar-refractivity contribution < 1.29 is 5.11 Å². The molecule has 0 bridgehead atoms. The Hall–Kier alpha value is -1.08. The predicted octanol–water partition coefficient (Wildman–Crippen LogP) is 2.76. The largest absolute Gasteiger partial charge is 0.385 e. The Balaban J connectivity index is 2.67. The predicted molar refractivity (Wildman–Crippen MR) is 56.4 cm³/mol. The van der Waals surface area contributed by atoms with Crippen LogP contribution in [0.15, 0.2) is 49.1 Å². The van der Waals surface area contributed by atoms with Gasteiger partial charge in [0.15, 0.2) is 0 Å². The van der Waals surface area contributed by atoms with Crippen molar-refractivity contribution in [3.8, 4) is 0 Å². The molecule has 1 aliphatic rings. The van der Waals surface area contributed by atoms with Crippen molar-refractivity contribution in [2.45, 2.75) is 24.9 Å². The van der Waals surface area contributed by atoms with E-state index in [0.29, 0.717) is 12.8 Å². The highest BCUT2D eigenvalue weighted by molar-refractivity contribution is 5.27. The van der Waals surface area contributed by atoms with Crippen LogP contribution in [-0.2, 0) is 0 Å². The lowest BCUT2D eigenvalue weighted by atomic mass is 9.86. The Kier molecular flexibility index (Phi) is 3.26. The molecule has 0 amide bonds. The molecule has 0 aromatic carbocycles. The molecule has 0 saturated carbocycles. The lowest BCUT2D eigenvalue weighted by Gasteiger charge is -2.26. The highest BCUT2D eigenvalue weighted by Crippen LogP contribution is 2.28. The average Bonchev–Trinajstić information content (AvgIpc) is 2.04. The third-order valence-electron chi connectivity index (χ3n) is 2.18. The molecule has 0 fully saturated rings. The molecule has 1 unspecified atom stereocenters. The van der Waals surface area contributed by atoms with E-state index in [-0.39, 0.29) is 0 Å². The fraction of sp³-hybridized carbons (Fsp3) is 0.333. The van der Waals surface area contributed by atoms with Crippen LogP contribution < -0.4 is 0 Å². The Morgan fingerprint density at radius 3 is 2.85 bits per heavy atom. The van der Waals surface area contributed by atoms with E-state index in [4.69, 9.17) is 0 Å². The van der Waals surface area contributed by atoms with E-state index in [9.17, 15) is 5.11 Å². The van der Waals surface area contributed by atoms with Crippen LogP contribution in [0.25, 0.3) is 0 Å². The Bertz CT molecular complexity index is 260. The van der Waals surface area contributed by atoms with Crippen molar-refractivity contribution in [3.05, 3.63) is 49.1 Å². The van der Waals surface area contributed by atoms with Crippen LogP contribution in [0.2, 0.25) is 0 Å². The summed E-state index contributed by atoms with van der Waals surface area (Å²) >= 11 is 0. The van der Waals surface area contributed by atoms with Gasteiger partial charge in [0.25, 0.3) is 0 Å². The van der Waals surface area contributed by atoms with E-state index in [2.05, 4.69) is 13.2 Å². The van der Waals surface area contributed by atoms with Gasteiger partial charge in [-0.3, -0.25) is 0 Å². The minimum atomic E-state index is -0.713. The van der Waals surface area contributed by atoms with E-state index in [0.717, 1.165) is 6.42 Å². The molecule has 1 nitrogen and oxygen atoms in total. The van der Waals surface area contributed by atoms with Crippen LogP contribution in [0.4, 0.5) is 0 Å². The summed E-state index contributed by atoms with van der Waals surface area (Å²) in [5.74, 6) is 0. The van der Waals surface area contributed by atoms with Gasteiger partial charge < -0.3 is 5.11 Å². The fourth-order valence-electron chi connectivity index (χ4n) is 1.59. The number of hydrogen-bond acceptors (Lipinski definition) is 1. The molecule has 1 N–H and O–H groups in total. The van der Waals surface area contributed by atoms with Gasteiger partial charge in [-0.1, -0.05) is 36.0 Å². The van der Waals surface area contributed by atoms with Gasteiger partial charge in [-0.15, -0.1) is 13.2 Å². The summed E-state index contributed by atoms with van der Waals surface area (Å²) < 4.78 is 0. The molecule has 0 radical (unpaired) electrons. The van der Waals surface area contributed by atoms with Crippen LogP contribution in [0, 0.1) is 0 Å². The smallest absolute Gasteiger partial charge is 0.0902 e. The maximum atomic E-state index is 10.0. The van der Waals surface area contributed by atoms with Crippen molar-refractivity contribution in [1.29, 1.82) is 0 Å². The van der Waals surface area contributed by atoms with E-state index < -0.39 is 5.60 Å². The molecule has 0 saturated heterocycles. The summed E-state index contributed by atoms with van der Waals surface area (Å²) in [7, 11) is 0. The number of hydrogen-bond donors (Lipinski definition) is 1. The molecule has 1 aliphatic carbocycles. The highest BCUT2D eigenvalue weighted by atomic mass is 16.3. The van der Waals surface area contributed by atoms with E-state index in [1.807, 2.05) is 24.3 Å². The zero-order valence-corrected chi connectivity index (χ0v) is 7.87. The van der Waals surface area contributed by atoms with Gasteiger partial charge in [0.1, 0.15) is 0 Å². The Labute approximate surface area is 79.8 Å². The lowest BCUT2D eigenvalue weighted by molar-refractivity contribution is 0.0928. The Morgan fingerprint density at radius 2 is 2.23 bits per heavy atom. The summed E-state index contributed by atoms with van der Waals surface area (Å²) in [6.45, 7) is 7.32. The second-order valence-electron chi connectivity index (χ2n) is 3.45. The van der Waals surface area contributed by atoms with Crippen molar-refractivity contribution in [2.75, 3.05) is 0 Å². The van der Waals surface area contributed by atoms with Crippen LogP contribution in [-0.4, -0.2) is 10.7 Å². The third kappa shape index (κ3) is 2.71. The van der Waals surface area contributed by atoms with Crippen LogP contribution in [0.3, 0.4) is 0 Å². The minimum Gasteiger partial charge on any atom is -0.385 e. The molecule has 0 aliphatic heterocycles. The van der Waals surface area contributed by atoms with Crippen LogP contribution in [0.5, 0.6) is 0 Å². The average molecular weight is 176 g/mol. The quantitative estimate of drug-likeness (QED) is 0.653. The molecular formula is C12H16O. The zero-order chi connectivity index (χ0) is 9.73. The first kappa shape index (κ1) is 10.0. The first-order valence-electron chi connectivity index (χ1n) is 4.51. The van der Waals surface area contributed by atoms with Gasteiger partial charge in [0, 0.05) is 6.42 Å². The summed E-state index contributed by atoms with van der Waals surface area (Å²) in [6, 6.07) is 0. The van der Waals surface area contributed by atoms with Crippen molar-refractivity contribution in [3.63, 3.8) is 0 Å². The lowest BCUT2D eigenvalue weighted by Crippen LogP contribution is -2.27. The number of aliphatic hydroxyl groups is 1. The first-order chi connectivity index (χ1) is 6.20. The Morgan fingerprint density at radius 1 is 1.46 bits per heavy atom. The maximum absolute atomic E-state index is 10.0. The van der Waals surface area contributed by atoms with Gasteiger partial charge in [0.2, 0.25) is 0 Å². The molecule has 1 atom stereocenters. The van der Waals surface area contributed by atoms with Gasteiger partial charge in [-0.05, 0) is 12.8 Å². The van der Waals surface area contributed by atoms with Gasteiger partial charge in [-0.2, -0.15) is 0 Å². The minimum absolute atomic E-state index is 0.609. The molecule has 1 heteroatoms. The van der Waals surface area contributed by atoms with E-state index in [1.54, 1.807) is 6.08 Å². The fourth-order valence-corrected chi connectivity index (χ4v) is 1.59. The van der Waals surface area contributed by atoms with Gasteiger partial charge >= 0.3 is 0 Å². The second-order valence-corrected chi connectivity index (χ2v) is 3.45. The molecule has 1 rings (SSSR count). The standard InChI is InChI=1S/C12H16O/c1-3-6-11-7-5-9-12(13,10-11)8-4-2/h3-5,7,9,13H,1-2,6,8,10H2. The molecule has 0 heterocycles. The molecule has 13 heavy (non-hydrogen) atoms. The number of allylic oxidation sites excluding steroid dienone is 3. The van der Waals surface area contributed by atoms with Crippen molar-refractivity contribution in [1.82, 2.24) is 0 Å². The SMILES string of the molecule is C=CCC1=CC=CC(O)(CC=C)C1. The topological polar surface area (TPSA) is 20.2 Å². The summed E-state index contributed by atoms with van der Waals surface area (Å²) in [4.78, 5) is 0. The monoisotopic (exact) mass is 176 g/mol. The second kappa shape index (κ2) is 4.24. The highest BCUT2D eigenvalue weighted by Gasteiger charge is 2.24. The van der Waals surface area contributed by atoms with Crippen molar-refractivity contribution >= 4 is 0 Å². The summed E-state index contributed by atoms with van der Waals surface area (Å²) in [6.07, 6.45) is 11.6. The third-order valence-corrected chi connectivity index (χ3v) is 2.18. The normalized spacial score (nSPS) is 26.7. The van der Waals surface area contributed by atoms with Gasteiger partial charge in [-0.25, -0.2) is 0 Å². The van der Waals surface area contributed by atoms with E-state index in [1.165, 1.54) is 5.57 Å². The van der Waals surface area contributed by atoms with Crippen LogP contribution in [0.1, 0.15) is 19.3 Å². The van der Waals surface area contributed by atoms with Crippen LogP contribution >= 0.6 is 0 Å². The number of rotatable bonds is 4. The van der Waals surface area contributed by atoms with E-state index >= 15 is 0 Å². The molecular weight excluding hydrogens is 160 g/mol. The maximum Gasteiger partial charge on any atom is 0.0902 e.